The molecular weight excluding hydrogens is 178 g/mol. The summed E-state index contributed by atoms with van der Waals surface area (Å²) in [6.45, 7) is -0.187. The number of hydrogen-bond acceptors (Lipinski definition) is 4. The molecule has 0 aliphatic rings. The number of aromatic nitrogens is 2. The molecule has 1 rings (SSSR count). The smallest absolute Gasteiger partial charge is 0.262 e. The zero-order chi connectivity index (χ0) is 9.14. The van der Waals surface area contributed by atoms with Crippen LogP contribution in [0.25, 0.3) is 0 Å². The molecule has 0 amide bonds. The summed E-state index contributed by atoms with van der Waals surface area (Å²) in [5, 5.41) is 0. The number of hydrogen-bond donors (Lipinski definition) is 3. The minimum atomic E-state index is -0.505. The highest BCUT2D eigenvalue weighted by atomic mass is 32.1. The van der Waals surface area contributed by atoms with Crippen molar-refractivity contribution in [2.75, 3.05) is 6.54 Å². The van der Waals surface area contributed by atoms with Crippen LogP contribution in [0.5, 0.6) is 0 Å². The lowest BCUT2D eigenvalue weighted by molar-refractivity contribution is 0.0999. The van der Waals surface area contributed by atoms with Crippen LogP contribution in [0.3, 0.4) is 0 Å². The standard InChI is InChI=1S/C6H7N3O2S/c7-1-4(10)3-2-8-6(12)9-5(3)11/h2H,1,7H2,(H2,8,9,11,12). The van der Waals surface area contributed by atoms with Crippen LogP contribution >= 0.6 is 12.2 Å². The molecule has 0 radical (unpaired) electrons. The first-order valence-electron chi connectivity index (χ1n) is 3.20. The van der Waals surface area contributed by atoms with Gasteiger partial charge in [0.2, 0.25) is 0 Å². The van der Waals surface area contributed by atoms with Gasteiger partial charge >= 0.3 is 0 Å². The number of Topliss-reactive ketones (excluding diaryl/α,β-unsaturated/α-hetero) is 1. The first kappa shape index (κ1) is 8.82. The molecule has 0 bridgehead atoms. The maximum Gasteiger partial charge on any atom is 0.262 e. The number of rotatable bonds is 2. The second-order valence-corrected chi connectivity index (χ2v) is 2.52. The number of ketones is 1. The summed E-state index contributed by atoms with van der Waals surface area (Å²) in [6.07, 6.45) is 1.26. The number of nitrogens with one attached hydrogen (secondary N) is 2. The van der Waals surface area contributed by atoms with Crippen LogP contribution in [-0.4, -0.2) is 22.3 Å². The lowest BCUT2D eigenvalue weighted by Gasteiger charge is -1.94. The Kier molecular flexibility index (Phi) is 2.51. The molecule has 0 spiro atoms. The van der Waals surface area contributed by atoms with Gasteiger partial charge < -0.3 is 10.7 Å². The van der Waals surface area contributed by atoms with E-state index in [4.69, 9.17) is 5.73 Å². The number of H-pyrrole nitrogens is 2. The molecule has 0 aliphatic carbocycles. The van der Waals surface area contributed by atoms with Crippen LogP contribution in [0.4, 0.5) is 0 Å². The van der Waals surface area contributed by atoms with Crippen molar-refractivity contribution >= 4 is 18.0 Å². The van der Waals surface area contributed by atoms with E-state index < -0.39 is 11.3 Å². The van der Waals surface area contributed by atoms with E-state index in [1.54, 1.807) is 0 Å². The van der Waals surface area contributed by atoms with Crippen LogP contribution in [0.15, 0.2) is 11.0 Å². The Labute approximate surface area is 72.6 Å². The van der Waals surface area contributed by atoms with Crippen molar-refractivity contribution in [1.82, 2.24) is 9.97 Å². The molecule has 1 heterocycles. The van der Waals surface area contributed by atoms with E-state index in [9.17, 15) is 9.59 Å². The third-order valence-electron chi connectivity index (χ3n) is 1.31. The van der Waals surface area contributed by atoms with Crippen LogP contribution in [0.2, 0.25) is 0 Å². The molecule has 64 valence electrons. The fraction of sp³-hybridized carbons (Fsp3) is 0.167. The Bertz CT molecular complexity index is 406. The third kappa shape index (κ3) is 1.66. The van der Waals surface area contributed by atoms with Gasteiger partial charge in [0.05, 0.1) is 6.54 Å². The second-order valence-electron chi connectivity index (χ2n) is 2.11. The van der Waals surface area contributed by atoms with Gasteiger partial charge in [0.25, 0.3) is 5.56 Å². The van der Waals surface area contributed by atoms with E-state index >= 15 is 0 Å². The maximum atomic E-state index is 11.0. The van der Waals surface area contributed by atoms with Gasteiger partial charge in [-0.05, 0) is 12.2 Å². The van der Waals surface area contributed by atoms with E-state index in [1.807, 2.05) is 0 Å². The molecule has 4 N–H and O–H groups in total. The summed E-state index contributed by atoms with van der Waals surface area (Å²) in [6, 6.07) is 0. The molecule has 6 heteroatoms. The Hall–Kier alpha value is -1.27. The topological polar surface area (TPSA) is 91.7 Å². The Morgan fingerprint density at radius 3 is 2.83 bits per heavy atom. The van der Waals surface area contributed by atoms with E-state index in [-0.39, 0.29) is 16.9 Å². The summed E-state index contributed by atoms with van der Waals surface area (Å²) in [5.74, 6) is -0.414. The Morgan fingerprint density at radius 1 is 1.67 bits per heavy atom. The monoisotopic (exact) mass is 185 g/mol. The molecule has 0 aliphatic heterocycles. The van der Waals surface area contributed by atoms with Crippen molar-refractivity contribution in [2.24, 2.45) is 5.73 Å². The lowest BCUT2D eigenvalue weighted by Crippen LogP contribution is -2.23. The molecule has 5 nitrogen and oxygen atoms in total. The van der Waals surface area contributed by atoms with Gasteiger partial charge in [-0.3, -0.25) is 14.6 Å². The zero-order valence-corrected chi connectivity index (χ0v) is 6.90. The van der Waals surface area contributed by atoms with Crippen molar-refractivity contribution in [1.29, 1.82) is 0 Å². The van der Waals surface area contributed by atoms with Crippen molar-refractivity contribution in [3.05, 3.63) is 26.9 Å². The molecule has 0 saturated carbocycles. The molecule has 0 saturated heterocycles. The second kappa shape index (κ2) is 3.42. The van der Waals surface area contributed by atoms with E-state index in [2.05, 4.69) is 22.2 Å². The average molecular weight is 185 g/mol. The van der Waals surface area contributed by atoms with Gasteiger partial charge in [0, 0.05) is 6.20 Å². The van der Waals surface area contributed by atoms with Crippen LogP contribution in [0.1, 0.15) is 10.4 Å². The Morgan fingerprint density at radius 2 is 2.33 bits per heavy atom. The fourth-order valence-corrected chi connectivity index (χ4v) is 0.878. The van der Waals surface area contributed by atoms with Crippen molar-refractivity contribution in [3.63, 3.8) is 0 Å². The Balaban J connectivity index is 3.28. The third-order valence-corrected chi connectivity index (χ3v) is 1.53. The van der Waals surface area contributed by atoms with Gasteiger partial charge in [-0.15, -0.1) is 0 Å². The first-order chi connectivity index (χ1) is 5.65. The lowest BCUT2D eigenvalue weighted by atomic mass is 10.2. The first-order valence-corrected chi connectivity index (χ1v) is 3.61. The van der Waals surface area contributed by atoms with Crippen molar-refractivity contribution < 1.29 is 4.79 Å². The average Bonchev–Trinajstić information content (AvgIpc) is 2.03. The minimum absolute atomic E-state index is 0.00565. The molecule has 1 aromatic heterocycles. The molecule has 0 unspecified atom stereocenters. The van der Waals surface area contributed by atoms with Gasteiger partial charge in [0.1, 0.15) is 5.56 Å². The summed E-state index contributed by atoms with van der Waals surface area (Å²) in [4.78, 5) is 26.8. The van der Waals surface area contributed by atoms with Crippen molar-refractivity contribution in [3.8, 4) is 0 Å². The van der Waals surface area contributed by atoms with Crippen molar-refractivity contribution in [2.45, 2.75) is 0 Å². The van der Waals surface area contributed by atoms with Gasteiger partial charge in [-0.2, -0.15) is 0 Å². The van der Waals surface area contributed by atoms with E-state index in [0.717, 1.165) is 0 Å². The molecule has 0 aromatic carbocycles. The highest BCUT2D eigenvalue weighted by Gasteiger charge is 2.06. The number of nitrogens with two attached hydrogens (primary N) is 1. The van der Waals surface area contributed by atoms with E-state index in [0.29, 0.717) is 0 Å². The highest BCUT2D eigenvalue weighted by molar-refractivity contribution is 7.71. The maximum absolute atomic E-state index is 11.0. The molecular formula is C6H7N3O2S. The summed E-state index contributed by atoms with van der Waals surface area (Å²) >= 11 is 4.63. The fourth-order valence-electron chi connectivity index (χ4n) is 0.727. The predicted octanol–water partition coefficient (Wildman–Crippen LogP) is -0.426. The summed E-state index contributed by atoms with van der Waals surface area (Å²) in [5.41, 5.74) is 4.57. The van der Waals surface area contributed by atoms with E-state index in [1.165, 1.54) is 6.20 Å². The summed E-state index contributed by atoms with van der Waals surface area (Å²) < 4.78 is 0.188. The number of aromatic amines is 2. The zero-order valence-electron chi connectivity index (χ0n) is 6.09. The molecule has 12 heavy (non-hydrogen) atoms. The molecule has 1 aromatic rings. The quantitative estimate of drug-likeness (QED) is 0.431. The summed E-state index contributed by atoms with van der Waals surface area (Å²) in [7, 11) is 0. The molecule has 0 atom stereocenters. The largest absolute Gasteiger partial charge is 0.338 e. The SMILES string of the molecule is NCC(=O)c1c[nH]c(=S)[nH]c1=O. The number of carbonyl (C=O) groups excluding carboxylic acids is 1. The van der Waals surface area contributed by atoms with Gasteiger partial charge in [0.15, 0.2) is 10.6 Å². The normalized spacial score (nSPS) is 9.75. The van der Waals surface area contributed by atoms with Crippen LogP contribution in [-0.2, 0) is 0 Å². The number of carbonyl (C=O) groups is 1. The van der Waals surface area contributed by atoms with Crippen LogP contribution < -0.4 is 11.3 Å². The van der Waals surface area contributed by atoms with Gasteiger partial charge in [-0.25, -0.2) is 0 Å². The van der Waals surface area contributed by atoms with Gasteiger partial charge in [-0.1, -0.05) is 0 Å². The highest BCUT2D eigenvalue weighted by Crippen LogP contribution is 1.87. The minimum Gasteiger partial charge on any atom is -0.338 e. The molecule has 0 fully saturated rings. The van der Waals surface area contributed by atoms with Crippen LogP contribution in [0, 0.1) is 4.77 Å². The predicted molar refractivity (Wildman–Crippen MR) is 45.6 cm³/mol.